The molecule has 4 rings (SSSR count). The molecule has 0 aliphatic heterocycles. The standard InChI is InChI=1S/C23H19NO4/c1-14(25)13-28-23(27)21-18-4-2-3-5-20(18)24-22-16(8-11-19(21)22)12-15-6-9-17(26)10-7-15/h2-7,9-10,12,26H,8,11,13H2,1H3/b16-12-. The van der Waals surface area contributed by atoms with Crippen LogP contribution in [0.25, 0.3) is 22.6 Å². The number of fused-ring (bicyclic) bond motifs is 2. The number of ketones is 1. The van der Waals surface area contributed by atoms with Crippen LogP contribution >= 0.6 is 0 Å². The van der Waals surface area contributed by atoms with Gasteiger partial charge in [-0.1, -0.05) is 30.3 Å². The molecule has 0 bridgehead atoms. The fourth-order valence-electron chi connectivity index (χ4n) is 3.52. The second kappa shape index (κ2) is 7.27. The van der Waals surface area contributed by atoms with Gasteiger partial charge in [-0.05, 0) is 60.7 Å². The number of aromatic hydroxyl groups is 1. The average molecular weight is 373 g/mol. The summed E-state index contributed by atoms with van der Waals surface area (Å²) in [6.45, 7) is 1.15. The number of nitrogens with zero attached hydrogens (tertiary/aromatic N) is 1. The van der Waals surface area contributed by atoms with E-state index in [0.29, 0.717) is 12.0 Å². The number of hydrogen-bond acceptors (Lipinski definition) is 5. The minimum absolute atomic E-state index is 0.198. The van der Waals surface area contributed by atoms with Crippen molar-refractivity contribution in [1.29, 1.82) is 0 Å². The van der Waals surface area contributed by atoms with E-state index in [1.807, 2.05) is 42.5 Å². The number of rotatable bonds is 4. The summed E-state index contributed by atoms with van der Waals surface area (Å²) in [5.74, 6) is -0.471. The Bertz CT molecular complexity index is 1110. The van der Waals surface area contributed by atoms with Crippen LogP contribution in [0, 0.1) is 0 Å². The summed E-state index contributed by atoms with van der Waals surface area (Å²) < 4.78 is 5.23. The molecule has 140 valence electrons. The summed E-state index contributed by atoms with van der Waals surface area (Å²) in [6, 6.07) is 14.4. The highest BCUT2D eigenvalue weighted by molar-refractivity contribution is 6.07. The second-order valence-corrected chi connectivity index (χ2v) is 6.87. The van der Waals surface area contributed by atoms with E-state index >= 15 is 0 Å². The van der Waals surface area contributed by atoms with Gasteiger partial charge in [-0.3, -0.25) is 4.79 Å². The van der Waals surface area contributed by atoms with Crippen molar-refractivity contribution in [3.63, 3.8) is 0 Å². The lowest BCUT2D eigenvalue weighted by Gasteiger charge is -2.12. The number of aromatic nitrogens is 1. The third-order valence-corrected chi connectivity index (χ3v) is 4.79. The first kappa shape index (κ1) is 17.9. The van der Waals surface area contributed by atoms with Gasteiger partial charge < -0.3 is 9.84 Å². The molecule has 0 radical (unpaired) electrons. The van der Waals surface area contributed by atoms with Crippen LogP contribution in [0.5, 0.6) is 5.75 Å². The number of esters is 1. The van der Waals surface area contributed by atoms with Gasteiger partial charge in [0, 0.05) is 5.39 Å². The van der Waals surface area contributed by atoms with E-state index in [-0.39, 0.29) is 18.1 Å². The molecule has 0 fully saturated rings. The summed E-state index contributed by atoms with van der Waals surface area (Å²) in [7, 11) is 0. The van der Waals surface area contributed by atoms with Gasteiger partial charge in [-0.25, -0.2) is 9.78 Å². The topological polar surface area (TPSA) is 76.5 Å². The molecule has 0 spiro atoms. The second-order valence-electron chi connectivity index (χ2n) is 6.87. The summed E-state index contributed by atoms with van der Waals surface area (Å²) in [6.07, 6.45) is 3.46. The molecular formula is C23H19NO4. The van der Waals surface area contributed by atoms with E-state index in [4.69, 9.17) is 9.72 Å². The van der Waals surface area contributed by atoms with Crippen molar-refractivity contribution >= 4 is 34.3 Å². The molecule has 1 aliphatic carbocycles. The SMILES string of the molecule is CC(=O)COC(=O)c1c2c(nc3ccccc13)/C(=C\c1ccc(O)cc1)CC2. The first-order chi connectivity index (χ1) is 13.5. The van der Waals surface area contributed by atoms with E-state index in [1.165, 1.54) is 6.92 Å². The van der Waals surface area contributed by atoms with E-state index in [9.17, 15) is 14.7 Å². The third-order valence-electron chi connectivity index (χ3n) is 4.79. The number of ether oxygens (including phenoxy) is 1. The minimum Gasteiger partial charge on any atom is -0.508 e. The van der Waals surface area contributed by atoms with Crippen molar-refractivity contribution in [3.05, 3.63) is 70.9 Å². The molecule has 3 aromatic rings. The Labute approximate surface area is 162 Å². The van der Waals surface area contributed by atoms with Gasteiger partial charge in [0.1, 0.15) is 12.4 Å². The zero-order valence-corrected chi connectivity index (χ0v) is 15.4. The molecular weight excluding hydrogens is 354 g/mol. The molecule has 1 aliphatic rings. The first-order valence-electron chi connectivity index (χ1n) is 9.11. The Balaban J connectivity index is 1.83. The lowest BCUT2D eigenvalue weighted by atomic mass is 10.0. The van der Waals surface area contributed by atoms with E-state index in [0.717, 1.165) is 39.7 Å². The number of allylic oxidation sites excluding steroid dienone is 1. The molecule has 5 nitrogen and oxygen atoms in total. The lowest BCUT2D eigenvalue weighted by Crippen LogP contribution is -2.14. The Morgan fingerprint density at radius 3 is 2.61 bits per heavy atom. The summed E-state index contributed by atoms with van der Waals surface area (Å²) >= 11 is 0. The van der Waals surface area contributed by atoms with Crippen LogP contribution in [0.15, 0.2) is 48.5 Å². The van der Waals surface area contributed by atoms with E-state index in [1.54, 1.807) is 12.1 Å². The number of benzene rings is 2. The quantitative estimate of drug-likeness (QED) is 0.695. The number of phenols is 1. The molecule has 2 aromatic carbocycles. The van der Waals surface area contributed by atoms with Crippen molar-refractivity contribution in [2.75, 3.05) is 6.61 Å². The largest absolute Gasteiger partial charge is 0.508 e. The van der Waals surface area contributed by atoms with Crippen molar-refractivity contribution in [1.82, 2.24) is 4.98 Å². The molecule has 0 saturated carbocycles. The zero-order valence-electron chi connectivity index (χ0n) is 15.4. The smallest absolute Gasteiger partial charge is 0.339 e. The Morgan fingerprint density at radius 1 is 1.11 bits per heavy atom. The molecule has 0 amide bonds. The molecule has 0 unspecified atom stereocenters. The zero-order chi connectivity index (χ0) is 19.7. The first-order valence-corrected chi connectivity index (χ1v) is 9.11. The number of pyridine rings is 1. The Kier molecular flexibility index (Phi) is 4.65. The molecule has 28 heavy (non-hydrogen) atoms. The van der Waals surface area contributed by atoms with Crippen molar-refractivity contribution in [2.45, 2.75) is 19.8 Å². The van der Waals surface area contributed by atoms with Gasteiger partial charge in [0.05, 0.1) is 16.8 Å². The van der Waals surface area contributed by atoms with Gasteiger partial charge in [0.2, 0.25) is 0 Å². The van der Waals surface area contributed by atoms with Gasteiger partial charge in [0.25, 0.3) is 0 Å². The van der Waals surface area contributed by atoms with Crippen molar-refractivity contribution in [3.8, 4) is 5.75 Å². The number of hydrogen-bond donors (Lipinski definition) is 1. The van der Waals surface area contributed by atoms with Gasteiger partial charge in [0.15, 0.2) is 5.78 Å². The molecule has 1 aromatic heterocycles. The fourth-order valence-corrected chi connectivity index (χ4v) is 3.52. The highest BCUT2D eigenvalue weighted by Gasteiger charge is 2.27. The number of para-hydroxylation sites is 1. The molecule has 1 N–H and O–H groups in total. The monoisotopic (exact) mass is 373 g/mol. The van der Waals surface area contributed by atoms with Crippen LogP contribution in [0.2, 0.25) is 0 Å². The average Bonchev–Trinajstić information content (AvgIpc) is 3.08. The van der Waals surface area contributed by atoms with Crippen molar-refractivity contribution < 1.29 is 19.4 Å². The predicted octanol–water partition coefficient (Wildman–Crippen LogP) is 4.17. The Hall–Kier alpha value is -3.47. The normalized spacial score (nSPS) is 14.2. The van der Waals surface area contributed by atoms with Gasteiger partial charge in [-0.2, -0.15) is 0 Å². The van der Waals surface area contributed by atoms with Gasteiger partial charge >= 0.3 is 5.97 Å². The lowest BCUT2D eigenvalue weighted by molar-refractivity contribution is -0.120. The summed E-state index contributed by atoms with van der Waals surface area (Å²) in [4.78, 5) is 28.8. The number of carbonyl (C=O) groups is 2. The van der Waals surface area contributed by atoms with Crippen LogP contribution in [-0.2, 0) is 16.0 Å². The maximum atomic E-state index is 12.8. The van der Waals surface area contributed by atoms with E-state index in [2.05, 4.69) is 0 Å². The maximum absolute atomic E-state index is 12.8. The van der Waals surface area contributed by atoms with Crippen LogP contribution in [0.4, 0.5) is 0 Å². The number of phenolic OH excluding ortho intramolecular Hbond substituents is 1. The maximum Gasteiger partial charge on any atom is 0.339 e. The van der Waals surface area contributed by atoms with Crippen LogP contribution in [0.1, 0.15) is 40.5 Å². The number of carbonyl (C=O) groups excluding carboxylic acids is 2. The molecule has 1 heterocycles. The molecule has 0 atom stereocenters. The summed E-state index contributed by atoms with van der Waals surface area (Å²) in [5.41, 5.74) is 4.85. The predicted molar refractivity (Wildman–Crippen MR) is 107 cm³/mol. The van der Waals surface area contributed by atoms with E-state index < -0.39 is 5.97 Å². The highest BCUT2D eigenvalue weighted by Crippen LogP contribution is 2.37. The molecule has 5 heteroatoms. The number of Topliss-reactive ketones (excluding diaryl/α,β-unsaturated/α-hetero) is 1. The highest BCUT2D eigenvalue weighted by atomic mass is 16.5. The summed E-state index contributed by atoms with van der Waals surface area (Å²) in [5, 5.41) is 10.2. The fraction of sp³-hybridized carbons (Fsp3) is 0.174. The third kappa shape index (κ3) is 3.39. The van der Waals surface area contributed by atoms with Crippen molar-refractivity contribution in [2.24, 2.45) is 0 Å². The van der Waals surface area contributed by atoms with Crippen LogP contribution in [-0.4, -0.2) is 28.4 Å². The molecule has 0 saturated heterocycles. The minimum atomic E-state index is -0.490. The van der Waals surface area contributed by atoms with Crippen LogP contribution in [0.3, 0.4) is 0 Å². The van der Waals surface area contributed by atoms with Crippen LogP contribution < -0.4 is 0 Å². The van der Waals surface area contributed by atoms with Gasteiger partial charge in [-0.15, -0.1) is 0 Å². The Morgan fingerprint density at radius 2 is 1.86 bits per heavy atom.